The van der Waals surface area contributed by atoms with Crippen molar-refractivity contribution in [1.82, 2.24) is 0 Å². The number of ether oxygens (including phenoxy) is 3. The lowest BCUT2D eigenvalue weighted by atomic mass is 9.77. The topological polar surface area (TPSA) is 65.1 Å². The highest BCUT2D eigenvalue weighted by Crippen LogP contribution is 2.51. The number of para-hydroxylation sites is 1. The third-order valence-electron chi connectivity index (χ3n) is 6.80. The Morgan fingerprint density at radius 3 is 2.73 bits per heavy atom. The van der Waals surface area contributed by atoms with E-state index < -0.39 is 12.3 Å². The van der Waals surface area contributed by atoms with E-state index in [9.17, 15) is 9.59 Å². The second-order valence-corrected chi connectivity index (χ2v) is 8.20. The lowest BCUT2D eigenvalue weighted by Crippen LogP contribution is -2.48. The van der Waals surface area contributed by atoms with E-state index in [4.69, 9.17) is 14.2 Å². The Hall–Kier alpha value is -2.96. The second kappa shape index (κ2) is 6.52. The smallest absolute Gasteiger partial charge is 0.218 e. The van der Waals surface area contributed by atoms with Crippen LogP contribution in [0.2, 0.25) is 0 Å². The highest BCUT2D eigenvalue weighted by molar-refractivity contribution is 6.05. The van der Waals surface area contributed by atoms with Gasteiger partial charge >= 0.3 is 0 Å². The van der Waals surface area contributed by atoms with Gasteiger partial charge in [-0.3, -0.25) is 9.59 Å². The second-order valence-electron chi connectivity index (χ2n) is 8.20. The number of rotatable bonds is 3. The van der Waals surface area contributed by atoms with Crippen molar-refractivity contribution in [2.45, 2.75) is 24.5 Å². The summed E-state index contributed by atoms with van der Waals surface area (Å²) in [7, 11) is 1.60. The molecule has 2 unspecified atom stereocenters. The zero-order valence-corrected chi connectivity index (χ0v) is 16.4. The molecule has 3 fully saturated rings. The van der Waals surface area contributed by atoms with Crippen LogP contribution in [0.5, 0.6) is 5.75 Å². The largest absolute Gasteiger partial charge is 0.497 e. The molecule has 30 heavy (non-hydrogen) atoms. The van der Waals surface area contributed by atoms with Crippen molar-refractivity contribution in [2.75, 3.05) is 18.6 Å². The van der Waals surface area contributed by atoms with E-state index in [2.05, 4.69) is 17.1 Å². The van der Waals surface area contributed by atoms with E-state index >= 15 is 0 Å². The van der Waals surface area contributed by atoms with Gasteiger partial charge in [0.2, 0.25) is 6.29 Å². The molecule has 2 aromatic carbocycles. The third kappa shape index (κ3) is 2.38. The van der Waals surface area contributed by atoms with Gasteiger partial charge in [0.1, 0.15) is 5.75 Å². The fourth-order valence-electron chi connectivity index (χ4n) is 5.50. The maximum atomic E-state index is 13.8. The van der Waals surface area contributed by atoms with Crippen molar-refractivity contribution in [1.29, 1.82) is 0 Å². The summed E-state index contributed by atoms with van der Waals surface area (Å²) in [6.45, 7) is 0.343. The highest BCUT2D eigenvalue weighted by atomic mass is 16.7. The number of carbonyl (C=O) groups is 2. The van der Waals surface area contributed by atoms with Gasteiger partial charge in [0.05, 0.1) is 37.8 Å². The Morgan fingerprint density at radius 1 is 1.13 bits per heavy atom. The molecule has 0 saturated carbocycles. The standard InChI is InChI=1S/C24H21NO5/c1-28-15-9-6-14(7-10-15)22(26)21-20-18-12-29-24(30-18)23(27)19(20)17-11-8-13-4-2-3-5-16(13)25(17)21/h2-11,17-21,24H,12H2,1H3/t17?,18-,19-,20-,21?,24-/m1/s1. The van der Waals surface area contributed by atoms with Crippen molar-refractivity contribution in [3.63, 3.8) is 0 Å². The van der Waals surface area contributed by atoms with Gasteiger partial charge in [0.25, 0.3) is 0 Å². The maximum absolute atomic E-state index is 13.8. The number of hydrogen-bond acceptors (Lipinski definition) is 6. The maximum Gasteiger partial charge on any atom is 0.218 e. The zero-order valence-electron chi connectivity index (χ0n) is 16.4. The van der Waals surface area contributed by atoms with E-state index in [1.165, 1.54) is 0 Å². The van der Waals surface area contributed by atoms with Crippen LogP contribution in [0.15, 0.2) is 54.6 Å². The average Bonchev–Trinajstić information content (AvgIpc) is 3.38. The summed E-state index contributed by atoms with van der Waals surface area (Å²) < 4.78 is 16.7. The Kier molecular flexibility index (Phi) is 3.88. The van der Waals surface area contributed by atoms with Crippen LogP contribution in [0.4, 0.5) is 5.69 Å². The summed E-state index contributed by atoms with van der Waals surface area (Å²) >= 11 is 0. The molecule has 0 amide bonds. The molecule has 4 aliphatic heterocycles. The number of nitrogens with zero attached hydrogens (tertiary/aromatic N) is 1. The van der Waals surface area contributed by atoms with E-state index in [-0.39, 0.29) is 35.5 Å². The average molecular weight is 403 g/mol. The van der Waals surface area contributed by atoms with Gasteiger partial charge in [-0.15, -0.1) is 0 Å². The highest BCUT2D eigenvalue weighted by Gasteiger charge is 2.63. The number of hydrogen-bond donors (Lipinski definition) is 0. The number of carbonyl (C=O) groups excluding carboxylic acids is 2. The van der Waals surface area contributed by atoms with Crippen LogP contribution in [0, 0.1) is 11.8 Å². The van der Waals surface area contributed by atoms with Crippen LogP contribution in [0.1, 0.15) is 15.9 Å². The number of benzene rings is 2. The molecule has 4 aliphatic rings. The van der Waals surface area contributed by atoms with Gasteiger partial charge in [-0.25, -0.2) is 0 Å². The molecule has 4 heterocycles. The molecule has 152 valence electrons. The lowest BCUT2D eigenvalue weighted by molar-refractivity contribution is -0.163. The molecule has 6 rings (SSSR count). The van der Waals surface area contributed by atoms with Crippen molar-refractivity contribution >= 4 is 23.3 Å². The minimum atomic E-state index is -0.807. The molecule has 3 saturated heterocycles. The van der Waals surface area contributed by atoms with Gasteiger partial charge in [0, 0.05) is 17.2 Å². The van der Waals surface area contributed by atoms with Crippen molar-refractivity contribution in [2.24, 2.45) is 11.8 Å². The lowest BCUT2D eigenvalue weighted by Gasteiger charge is -2.35. The first kappa shape index (κ1) is 17.9. The molecule has 0 N–H and O–H groups in total. The van der Waals surface area contributed by atoms with Crippen LogP contribution < -0.4 is 9.64 Å². The fraction of sp³-hybridized carbons (Fsp3) is 0.333. The molecule has 6 heteroatoms. The molecule has 0 radical (unpaired) electrons. The zero-order chi connectivity index (χ0) is 20.4. The summed E-state index contributed by atoms with van der Waals surface area (Å²) in [6, 6.07) is 14.5. The van der Waals surface area contributed by atoms with Crippen molar-refractivity contribution in [3.05, 3.63) is 65.7 Å². The predicted octanol–water partition coefficient (Wildman–Crippen LogP) is 2.72. The SMILES string of the molecule is COc1ccc(C(=O)C2[C@H]3[C@H](C(=O)[C@@H]4OC[C@H]3O4)C3C=Cc4ccccc4N23)cc1. The summed E-state index contributed by atoms with van der Waals surface area (Å²) in [4.78, 5) is 29.2. The third-order valence-corrected chi connectivity index (χ3v) is 6.80. The summed E-state index contributed by atoms with van der Waals surface area (Å²) in [5.74, 6) is 0.0442. The number of ketones is 2. The van der Waals surface area contributed by atoms with Gasteiger partial charge in [0.15, 0.2) is 11.6 Å². The summed E-state index contributed by atoms with van der Waals surface area (Å²) in [5, 5.41) is 0. The molecule has 6 atom stereocenters. The van der Waals surface area contributed by atoms with E-state index in [0.717, 1.165) is 11.3 Å². The number of methoxy groups -OCH3 is 1. The Balaban J connectivity index is 1.49. The first-order chi connectivity index (χ1) is 14.7. The number of Topliss-reactive ketones (excluding diaryl/α,β-unsaturated/α-hetero) is 2. The van der Waals surface area contributed by atoms with Crippen LogP contribution in [0.25, 0.3) is 6.08 Å². The van der Waals surface area contributed by atoms with Gasteiger partial charge in [-0.05, 0) is 35.9 Å². The first-order valence-corrected chi connectivity index (χ1v) is 10.2. The van der Waals surface area contributed by atoms with E-state index in [1.807, 2.05) is 24.3 Å². The molecular weight excluding hydrogens is 382 g/mol. The molecule has 2 bridgehead atoms. The van der Waals surface area contributed by atoms with Gasteiger partial charge in [-0.2, -0.15) is 0 Å². The van der Waals surface area contributed by atoms with Crippen molar-refractivity contribution < 1.29 is 23.8 Å². The Morgan fingerprint density at radius 2 is 1.93 bits per heavy atom. The minimum absolute atomic E-state index is 0.0120. The summed E-state index contributed by atoms with van der Waals surface area (Å²) in [6.07, 6.45) is 3.04. The van der Waals surface area contributed by atoms with Crippen LogP contribution in [-0.2, 0) is 14.3 Å². The first-order valence-electron chi connectivity index (χ1n) is 10.2. The van der Waals surface area contributed by atoms with E-state index in [0.29, 0.717) is 17.9 Å². The van der Waals surface area contributed by atoms with Crippen LogP contribution in [-0.4, -0.2) is 49.8 Å². The molecule has 0 aromatic heterocycles. The number of fused-ring (bicyclic) bond motifs is 8. The van der Waals surface area contributed by atoms with Gasteiger partial charge in [-0.1, -0.05) is 30.4 Å². The predicted molar refractivity (Wildman–Crippen MR) is 109 cm³/mol. The molecule has 0 aliphatic carbocycles. The van der Waals surface area contributed by atoms with Crippen molar-refractivity contribution in [3.8, 4) is 5.75 Å². The number of anilines is 1. The van der Waals surface area contributed by atoms with Gasteiger partial charge < -0.3 is 19.1 Å². The Labute approximate surface area is 174 Å². The van der Waals surface area contributed by atoms with Crippen LogP contribution in [0.3, 0.4) is 0 Å². The Bertz CT molecular complexity index is 1060. The molecule has 2 aromatic rings. The normalized spacial score (nSPS) is 33.1. The van der Waals surface area contributed by atoms with Crippen LogP contribution >= 0.6 is 0 Å². The quantitative estimate of drug-likeness (QED) is 0.735. The van der Waals surface area contributed by atoms with E-state index in [1.54, 1.807) is 31.4 Å². The monoisotopic (exact) mass is 403 g/mol. The molecule has 6 nitrogen and oxygen atoms in total. The minimum Gasteiger partial charge on any atom is -0.497 e. The fourth-order valence-corrected chi connectivity index (χ4v) is 5.50. The summed E-state index contributed by atoms with van der Waals surface area (Å²) in [5.41, 5.74) is 2.63. The molecular formula is C24H21NO5. The molecule has 0 spiro atoms.